The Hall–Kier alpha value is -0.0800. The Balaban J connectivity index is 2.13. The third kappa shape index (κ3) is 6.76. The lowest BCUT2D eigenvalue weighted by Crippen LogP contribution is -2.42. The highest BCUT2D eigenvalue weighted by Crippen LogP contribution is 2.32. The zero-order valence-electron chi connectivity index (χ0n) is 13.3. The van der Waals surface area contributed by atoms with Crippen LogP contribution in [0.1, 0.15) is 85.0 Å². The van der Waals surface area contributed by atoms with E-state index in [9.17, 15) is 5.11 Å². The van der Waals surface area contributed by atoms with Gasteiger partial charge in [0.1, 0.15) is 0 Å². The van der Waals surface area contributed by atoms with Gasteiger partial charge in [-0.15, -0.1) is 0 Å². The second-order valence-corrected chi connectivity index (χ2v) is 6.70. The normalized spacial score (nSPS) is 27.9. The summed E-state index contributed by atoms with van der Waals surface area (Å²) in [5.74, 6) is 0.515. The van der Waals surface area contributed by atoms with Crippen LogP contribution in [0.3, 0.4) is 0 Å². The van der Waals surface area contributed by atoms with Crippen LogP contribution in [0.4, 0.5) is 0 Å². The number of hydrogen-bond donors (Lipinski definition) is 1. The molecule has 0 aliphatic carbocycles. The molecular formula is C17H34O2. The number of rotatable bonds is 9. The van der Waals surface area contributed by atoms with E-state index in [1.54, 1.807) is 0 Å². The molecule has 0 amide bonds. The van der Waals surface area contributed by atoms with Crippen molar-refractivity contribution in [3.63, 3.8) is 0 Å². The average Bonchev–Trinajstić information content (AvgIpc) is 2.37. The van der Waals surface area contributed by atoms with Gasteiger partial charge < -0.3 is 9.84 Å². The van der Waals surface area contributed by atoms with Crippen LogP contribution in [0.5, 0.6) is 0 Å². The zero-order chi connectivity index (χ0) is 14.1. The van der Waals surface area contributed by atoms with Gasteiger partial charge in [0.2, 0.25) is 0 Å². The molecule has 19 heavy (non-hydrogen) atoms. The van der Waals surface area contributed by atoms with Crippen molar-refractivity contribution in [2.75, 3.05) is 6.61 Å². The van der Waals surface area contributed by atoms with Crippen molar-refractivity contribution in [1.29, 1.82) is 0 Å². The molecule has 2 unspecified atom stereocenters. The van der Waals surface area contributed by atoms with Gasteiger partial charge in [0, 0.05) is 13.0 Å². The van der Waals surface area contributed by atoms with Crippen LogP contribution in [0.25, 0.3) is 0 Å². The summed E-state index contributed by atoms with van der Waals surface area (Å²) in [6, 6.07) is 0. The van der Waals surface area contributed by atoms with Crippen LogP contribution in [0.15, 0.2) is 0 Å². The Morgan fingerprint density at radius 3 is 2.37 bits per heavy atom. The Morgan fingerprint density at radius 1 is 1.11 bits per heavy atom. The van der Waals surface area contributed by atoms with Gasteiger partial charge in [-0.25, -0.2) is 0 Å². The summed E-state index contributed by atoms with van der Waals surface area (Å²) in [5.41, 5.74) is -0.448. The van der Waals surface area contributed by atoms with E-state index < -0.39 is 5.60 Å². The van der Waals surface area contributed by atoms with E-state index in [0.717, 1.165) is 25.9 Å². The first-order valence-corrected chi connectivity index (χ1v) is 8.41. The lowest BCUT2D eigenvalue weighted by Gasteiger charge is -2.38. The summed E-state index contributed by atoms with van der Waals surface area (Å²) in [5, 5.41) is 10.7. The standard InChI is InChI=1S/C17H34O2/c1-4-5-6-7-8-9-10-11-17(18)12-13-19-16(14-17)15(2)3/h15-16,18H,4-14H2,1-3H3. The highest BCUT2D eigenvalue weighted by atomic mass is 16.5. The predicted octanol–water partition coefficient (Wildman–Crippen LogP) is 4.69. The average molecular weight is 270 g/mol. The SMILES string of the molecule is CCCCCCCCCC1(O)CCOC(C(C)C)C1. The van der Waals surface area contributed by atoms with E-state index >= 15 is 0 Å². The Morgan fingerprint density at radius 2 is 1.74 bits per heavy atom. The van der Waals surface area contributed by atoms with Gasteiger partial charge in [-0.2, -0.15) is 0 Å². The van der Waals surface area contributed by atoms with Crippen molar-refractivity contribution in [3.8, 4) is 0 Å². The number of aliphatic hydroxyl groups is 1. The van der Waals surface area contributed by atoms with E-state index in [1.807, 2.05) is 0 Å². The first kappa shape index (κ1) is 17.0. The Kier molecular flexibility index (Phi) is 8.01. The summed E-state index contributed by atoms with van der Waals surface area (Å²) in [4.78, 5) is 0. The highest BCUT2D eigenvalue weighted by Gasteiger charge is 2.35. The van der Waals surface area contributed by atoms with E-state index in [1.165, 1.54) is 44.9 Å². The fourth-order valence-corrected chi connectivity index (χ4v) is 3.00. The summed E-state index contributed by atoms with van der Waals surface area (Å²) in [7, 11) is 0. The van der Waals surface area contributed by atoms with Gasteiger partial charge in [0.25, 0.3) is 0 Å². The second-order valence-electron chi connectivity index (χ2n) is 6.70. The van der Waals surface area contributed by atoms with Crippen molar-refractivity contribution in [3.05, 3.63) is 0 Å². The molecule has 2 nitrogen and oxygen atoms in total. The van der Waals surface area contributed by atoms with Crippen molar-refractivity contribution >= 4 is 0 Å². The molecule has 0 aromatic rings. The lowest BCUT2D eigenvalue weighted by molar-refractivity contribution is -0.120. The van der Waals surface area contributed by atoms with E-state index in [4.69, 9.17) is 4.74 Å². The van der Waals surface area contributed by atoms with E-state index in [-0.39, 0.29) is 6.10 Å². The van der Waals surface area contributed by atoms with E-state index in [2.05, 4.69) is 20.8 Å². The molecule has 0 spiro atoms. The molecule has 1 fully saturated rings. The molecule has 1 aliphatic rings. The maximum Gasteiger partial charge on any atom is 0.0694 e. The Bertz CT molecular complexity index is 227. The first-order valence-electron chi connectivity index (χ1n) is 8.41. The zero-order valence-corrected chi connectivity index (χ0v) is 13.3. The van der Waals surface area contributed by atoms with E-state index in [0.29, 0.717) is 5.92 Å². The maximum atomic E-state index is 10.7. The molecule has 0 aromatic heterocycles. The van der Waals surface area contributed by atoms with Crippen molar-refractivity contribution in [2.24, 2.45) is 5.92 Å². The molecule has 1 heterocycles. The third-order valence-electron chi connectivity index (χ3n) is 4.47. The molecule has 1 aliphatic heterocycles. The fourth-order valence-electron chi connectivity index (χ4n) is 3.00. The molecule has 114 valence electrons. The molecule has 0 saturated carbocycles. The van der Waals surface area contributed by atoms with Gasteiger partial charge in [-0.3, -0.25) is 0 Å². The fraction of sp³-hybridized carbons (Fsp3) is 1.00. The minimum absolute atomic E-state index is 0.253. The van der Waals surface area contributed by atoms with Gasteiger partial charge in [-0.1, -0.05) is 65.7 Å². The topological polar surface area (TPSA) is 29.5 Å². The second kappa shape index (κ2) is 8.97. The lowest BCUT2D eigenvalue weighted by atomic mass is 9.82. The molecule has 0 bridgehead atoms. The minimum Gasteiger partial charge on any atom is -0.390 e. The molecule has 1 N–H and O–H groups in total. The summed E-state index contributed by atoms with van der Waals surface area (Å²) in [6.07, 6.45) is 12.1. The van der Waals surface area contributed by atoms with Gasteiger partial charge in [0.15, 0.2) is 0 Å². The molecular weight excluding hydrogens is 236 g/mol. The van der Waals surface area contributed by atoms with Crippen LogP contribution in [-0.4, -0.2) is 23.4 Å². The molecule has 0 radical (unpaired) electrons. The molecule has 2 heteroatoms. The molecule has 2 atom stereocenters. The van der Waals surface area contributed by atoms with Gasteiger partial charge in [0.05, 0.1) is 11.7 Å². The van der Waals surface area contributed by atoms with Crippen molar-refractivity contribution in [1.82, 2.24) is 0 Å². The van der Waals surface area contributed by atoms with Gasteiger partial charge >= 0.3 is 0 Å². The van der Waals surface area contributed by atoms with Crippen molar-refractivity contribution in [2.45, 2.75) is 96.7 Å². The third-order valence-corrected chi connectivity index (χ3v) is 4.47. The van der Waals surface area contributed by atoms with Crippen LogP contribution in [0, 0.1) is 5.92 Å². The number of hydrogen-bond acceptors (Lipinski definition) is 2. The molecule has 0 aromatic carbocycles. The first-order chi connectivity index (χ1) is 9.07. The maximum absolute atomic E-state index is 10.7. The number of unbranched alkanes of at least 4 members (excludes halogenated alkanes) is 6. The summed E-state index contributed by atoms with van der Waals surface area (Å²) in [6.45, 7) is 7.36. The Labute approximate surface area is 119 Å². The van der Waals surface area contributed by atoms with Crippen LogP contribution in [-0.2, 0) is 4.74 Å². The smallest absolute Gasteiger partial charge is 0.0694 e. The van der Waals surface area contributed by atoms with Gasteiger partial charge in [-0.05, 0) is 18.8 Å². The van der Waals surface area contributed by atoms with Crippen LogP contribution >= 0.6 is 0 Å². The van der Waals surface area contributed by atoms with Crippen molar-refractivity contribution < 1.29 is 9.84 Å². The molecule has 1 rings (SSSR count). The highest BCUT2D eigenvalue weighted by molar-refractivity contribution is 4.86. The predicted molar refractivity (Wildman–Crippen MR) is 81.4 cm³/mol. The van der Waals surface area contributed by atoms with Crippen LogP contribution < -0.4 is 0 Å². The summed E-state index contributed by atoms with van der Waals surface area (Å²) < 4.78 is 5.75. The number of ether oxygens (including phenoxy) is 1. The minimum atomic E-state index is -0.448. The molecule has 1 saturated heterocycles. The monoisotopic (exact) mass is 270 g/mol. The van der Waals surface area contributed by atoms with Crippen LogP contribution in [0.2, 0.25) is 0 Å². The summed E-state index contributed by atoms with van der Waals surface area (Å²) >= 11 is 0. The largest absolute Gasteiger partial charge is 0.390 e. The quantitative estimate of drug-likeness (QED) is 0.616.